The Hall–Kier alpha value is -2.17. The molecule has 0 radical (unpaired) electrons. The zero-order chi connectivity index (χ0) is 13.9. The van der Waals surface area contributed by atoms with Crippen LogP contribution >= 0.6 is 0 Å². The van der Waals surface area contributed by atoms with Gasteiger partial charge in [0, 0.05) is 25.6 Å². The Bertz CT molecular complexity index is 611. The molecular formula is C15H17FN4. The molecule has 1 aromatic carbocycles. The van der Waals surface area contributed by atoms with Crippen molar-refractivity contribution in [3.63, 3.8) is 0 Å². The molecule has 0 saturated heterocycles. The SMILES string of the molecule is CNc1cc(NCc2cccc(F)c2)nc(C2CC2)n1. The van der Waals surface area contributed by atoms with Crippen molar-refractivity contribution in [1.29, 1.82) is 0 Å². The van der Waals surface area contributed by atoms with Crippen molar-refractivity contribution in [1.82, 2.24) is 9.97 Å². The Kier molecular flexibility index (Phi) is 3.50. The van der Waals surface area contributed by atoms with Crippen molar-refractivity contribution in [3.8, 4) is 0 Å². The fraction of sp³-hybridized carbons (Fsp3) is 0.333. The Morgan fingerprint density at radius 3 is 2.70 bits per heavy atom. The van der Waals surface area contributed by atoms with Gasteiger partial charge in [-0.25, -0.2) is 14.4 Å². The summed E-state index contributed by atoms with van der Waals surface area (Å²) in [6.45, 7) is 0.544. The number of nitrogens with one attached hydrogen (secondary N) is 2. The molecule has 3 rings (SSSR count). The summed E-state index contributed by atoms with van der Waals surface area (Å²) in [5.74, 6) is 2.75. The molecule has 1 fully saturated rings. The third-order valence-corrected chi connectivity index (χ3v) is 3.30. The van der Waals surface area contributed by atoms with E-state index in [4.69, 9.17) is 0 Å². The molecule has 0 aliphatic heterocycles. The van der Waals surface area contributed by atoms with Gasteiger partial charge in [-0.1, -0.05) is 12.1 Å². The Morgan fingerprint density at radius 1 is 1.20 bits per heavy atom. The van der Waals surface area contributed by atoms with Gasteiger partial charge in [0.1, 0.15) is 23.3 Å². The summed E-state index contributed by atoms with van der Waals surface area (Å²) in [6, 6.07) is 8.43. The van der Waals surface area contributed by atoms with Crippen LogP contribution in [0.15, 0.2) is 30.3 Å². The second-order valence-electron chi connectivity index (χ2n) is 5.00. The number of hydrogen-bond acceptors (Lipinski definition) is 4. The summed E-state index contributed by atoms with van der Waals surface area (Å²) >= 11 is 0. The summed E-state index contributed by atoms with van der Waals surface area (Å²) < 4.78 is 13.1. The average molecular weight is 272 g/mol. The lowest BCUT2D eigenvalue weighted by Crippen LogP contribution is -2.06. The minimum atomic E-state index is -0.221. The van der Waals surface area contributed by atoms with Crippen LogP contribution < -0.4 is 10.6 Å². The predicted octanol–water partition coefficient (Wildman–Crippen LogP) is 3.15. The number of benzene rings is 1. The van der Waals surface area contributed by atoms with Crippen LogP contribution in [0.5, 0.6) is 0 Å². The number of hydrogen-bond donors (Lipinski definition) is 2. The number of rotatable bonds is 5. The predicted molar refractivity (Wildman–Crippen MR) is 77.3 cm³/mol. The lowest BCUT2D eigenvalue weighted by molar-refractivity contribution is 0.626. The molecule has 0 unspecified atom stereocenters. The zero-order valence-corrected chi connectivity index (χ0v) is 11.4. The molecule has 0 atom stereocenters. The highest BCUT2D eigenvalue weighted by molar-refractivity contribution is 5.48. The van der Waals surface area contributed by atoms with Crippen LogP contribution in [0.3, 0.4) is 0 Å². The Labute approximate surface area is 117 Å². The van der Waals surface area contributed by atoms with Gasteiger partial charge in [-0.05, 0) is 30.5 Å². The third kappa shape index (κ3) is 3.04. The molecule has 1 heterocycles. The molecule has 1 aliphatic rings. The van der Waals surface area contributed by atoms with E-state index in [1.807, 2.05) is 19.2 Å². The smallest absolute Gasteiger partial charge is 0.136 e. The largest absolute Gasteiger partial charge is 0.373 e. The molecule has 104 valence electrons. The van der Waals surface area contributed by atoms with E-state index in [2.05, 4.69) is 20.6 Å². The van der Waals surface area contributed by atoms with Crippen molar-refractivity contribution in [3.05, 3.63) is 47.5 Å². The van der Waals surface area contributed by atoms with E-state index in [1.54, 1.807) is 6.07 Å². The molecule has 1 aliphatic carbocycles. The zero-order valence-electron chi connectivity index (χ0n) is 11.4. The third-order valence-electron chi connectivity index (χ3n) is 3.30. The monoisotopic (exact) mass is 272 g/mol. The standard InChI is InChI=1S/C15H17FN4/c1-17-13-8-14(20-15(19-13)11-5-6-11)18-9-10-3-2-4-12(16)7-10/h2-4,7-8,11H,5-6,9H2,1H3,(H2,17,18,19,20). The molecule has 20 heavy (non-hydrogen) atoms. The molecule has 0 amide bonds. The first-order valence-electron chi connectivity index (χ1n) is 6.79. The Balaban J connectivity index is 1.74. The molecule has 0 bridgehead atoms. The van der Waals surface area contributed by atoms with Crippen LogP contribution in [0.25, 0.3) is 0 Å². The van der Waals surface area contributed by atoms with Crippen molar-refractivity contribution in [2.45, 2.75) is 25.3 Å². The van der Waals surface area contributed by atoms with E-state index in [1.165, 1.54) is 12.1 Å². The highest BCUT2D eigenvalue weighted by Gasteiger charge is 2.27. The summed E-state index contributed by atoms with van der Waals surface area (Å²) in [7, 11) is 1.84. The summed E-state index contributed by atoms with van der Waals surface area (Å²) in [6.07, 6.45) is 2.33. The van der Waals surface area contributed by atoms with Gasteiger partial charge in [0.2, 0.25) is 0 Å². The number of halogens is 1. The average Bonchev–Trinajstić information content (AvgIpc) is 3.29. The molecular weight excluding hydrogens is 255 g/mol. The van der Waals surface area contributed by atoms with Gasteiger partial charge in [-0.2, -0.15) is 0 Å². The molecule has 2 N–H and O–H groups in total. The first-order chi connectivity index (χ1) is 9.74. The maximum Gasteiger partial charge on any atom is 0.136 e. The van der Waals surface area contributed by atoms with Crippen molar-refractivity contribution in [2.75, 3.05) is 17.7 Å². The highest BCUT2D eigenvalue weighted by atomic mass is 19.1. The Morgan fingerprint density at radius 2 is 2.00 bits per heavy atom. The highest BCUT2D eigenvalue weighted by Crippen LogP contribution is 2.38. The number of anilines is 2. The normalized spacial score (nSPS) is 14.1. The van der Waals surface area contributed by atoms with Gasteiger partial charge < -0.3 is 10.6 Å². The fourth-order valence-corrected chi connectivity index (χ4v) is 2.05. The van der Waals surface area contributed by atoms with E-state index in [0.29, 0.717) is 12.5 Å². The lowest BCUT2D eigenvalue weighted by Gasteiger charge is -2.09. The van der Waals surface area contributed by atoms with E-state index in [0.717, 1.165) is 35.9 Å². The van der Waals surface area contributed by atoms with E-state index >= 15 is 0 Å². The van der Waals surface area contributed by atoms with Crippen molar-refractivity contribution >= 4 is 11.6 Å². The van der Waals surface area contributed by atoms with Gasteiger partial charge in [0.25, 0.3) is 0 Å². The van der Waals surface area contributed by atoms with Crippen LogP contribution in [-0.4, -0.2) is 17.0 Å². The van der Waals surface area contributed by atoms with Gasteiger partial charge in [0.15, 0.2) is 0 Å². The van der Waals surface area contributed by atoms with Gasteiger partial charge in [-0.3, -0.25) is 0 Å². The van der Waals surface area contributed by atoms with E-state index in [-0.39, 0.29) is 5.82 Å². The van der Waals surface area contributed by atoms with Crippen LogP contribution in [-0.2, 0) is 6.54 Å². The summed E-state index contributed by atoms with van der Waals surface area (Å²) in [5, 5.41) is 6.27. The molecule has 1 saturated carbocycles. The van der Waals surface area contributed by atoms with Crippen LogP contribution in [0.2, 0.25) is 0 Å². The topological polar surface area (TPSA) is 49.8 Å². The number of nitrogens with zero attached hydrogens (tertiary/aromatic N) is 2. The van der Waals surface area contributed by atoms with Crippen LogP contribution in [0.4, 0.5) is 16.0 Å². The lowest BCUT2D eigenvalue weighted by atomic mass is 10.2. The summed E-state index contributed by atoms with van der Waals surface area (Å²) in [5.41, 5.74) is 0.891. The van der Waals surface area contributed by atoms with Crippen molar-refractivity contribution < 1.29 is 4.39 Å². The minimum absolute atomic E-state index is 0.221. The minimum Gasteiger partial charge on any atom is -0.373 e. The van der Waals surface area contributed by atoms with Gasteiger partial charge in [0.05, 0.1) is 0 Å². The van der Waals surface area contributed by atoms with Crippen LogP contribution in [0, 0.1) is 5.82 Å². The van der Waals surface area contributed by atoms with E-state index in [9.17, 15) is 4.39 Å². The molecule has 0 spiro atoms. The maximum atomic E-state index is 13.1. The molecule has 1 aromatic heterocycles. The van der Waals surface area contributed by atoms with Crippen molar-refractivity contribution in [2.24, 2.45) is 0 Å². The van der Waals surface area contributed by atoms with Gasteiger partial charge in [-0.15, -0.1) is 0 Å². The fourth-order valence-electron chi connectivity index (χ4n) is 2.05. The number of aromatic nitrogens is 2. The molecule has 4 nitrogen and oxygen atoms in total. The summed E-state index contributed by atoms with van der Waals surface area (Å²) in [4.78, 5) is 8.99. The van der Waals surface area contributed by atoms with Gasteiger partial charge >= 0.3 is 0 Å². The first-order valence-corrected chi connectivity index (χ1v) is 6.79. The second-order valence-corrected chi connectivity index (χ2v) is 5.00. The van der Waals surface area contributed by atoms with E-state index < -0.39 is 0 Å². The quantitative estimate of drug-likeness (QED) is 0.878. The molecule has 2 aromatic rings. The maximum absolute atomic E-state index is 13.1. The molecule has 5 heteroatoms. The van der Waals surface area contributed by atoms with Crippen LogP contribution in [0.1, 0.15) is 30.1 Å². The second kappa shape index (κ2) is 5.45. The first kappa shape index (κ1) is 12.8.